The molecule has 2 rings (SSSR count). The van der Waals surface area contributed by atoms with E-state index in [1.165, 1.54) is 0 Å². The van der Waals surface area contributed by atoms with Crippen molar-refractivity contribution in [2.45, 2.75) is 45.7 Å². The van der Waals surface area contributed by atoms with E-state index in [0.717, 1.165) is 36.2 Å². The minimum atomic E-state index is -0.129. The molecule has 0 aliphatic carbocycles. The van der Waals surface area contributed by atoms with Crippen molar-refractivity contribution in [3.63, 3.8) is 0 Å². The molecule has 1 unspecified atom stereocenters. The predicted molar refractivity (Wildman–Crippen MR) is 80.8 cm³/mol. The lowest BCUT2D eigenvalue weighted by atomic mass is 10.1. The van der Waals surface area contributed by atoms with E-state index in [9.17, 15) is 9.90 Å². The molecule has 4 heteroatoms. The van der Waals surface area contributed by atoms with E-state index in [-0.39, 0.29) is 24.6 Å². The van der Waals surface area contributed by atoms with Crippen molar-refractivity contribution < 1.29 is 9.90 Å². The van der Waals surface area contributed by atoms with Gasteiger partial charge in [0.05, 0.1) is 12.6 Å². The number of aliphatic hydroxyl groups excluding tert-OH is 1. The van der Waals surface area contributed by atoms with Crippen LogP contribution in [0.2, 0.25) is 0 Å². The highest BCUT2D eigenvalue weighted by Crippen LogP contribution is 2.24. The molecule has 0 radical (unpaired) electrons. The summed E-state index contributed by atoms with van der Waals surface area (Å²) < 4.78 is 0. The number of hydrogen-bond donors (Lipinski definition) is 2. The first-order valence-corrected chi connectivity index (χ1v) is 7.28. The number of aliphatic hydroxyl groups is 1. The van der Waals surface area contributed by atoms with Crippen LogP contribution in [0.3, 0.4) is 0 Å². The molecule has 0 aromatic heterocycles. The molecule has 1 aliphatic rings. The fourth-order valence-corrected chi connectivity index (χ4v) is 2.92. The number of nitrogens with zero attached hydrogens (tertiary/aromatic N) is 1. The van der Waals surface area contributed by atoms with Gasteiger partial charge < -0.3 is 10.4 Å². The number of likely N-dealkylation sites (tertiary alicyclic amines) is 1. The van der Waals surface area contributed by atoms with Crippen LogP contribution in [0.1, 0.15) is 30.9 Å². The van der Waals surface area contributed by atoms with Gasteiger partial charge in [-0.1, -0.05) is 18.2 Å². The Kier molecular flexibility index (Phi) is 4.78. The fourth-order valence-electron chi connectivity index (χ4n) is 2.92. The van der Waals surface area contributed by atoms with Crippen LogP contribution in [-0.2, 0) is 4.79 Å². The number of nitrogens with one attached hydrogen (secondary N) is 1. The van der Waals surface area contributed by atoms with E-state index in [0.29, 0.717) is 0 Å². The Morgan fingerprint density at radius 1 is 1.45 bits per heavy atom. The van der Waals surface area contributed by atoms with E-state index >= 15 is 0 Å². The van der Waals surface area contributed by atoms with Crippen LogP contribution in [-0.4, -0.2) is 41.1 Å². The maximum Gasteiger partial charge on any atom is 0.241 e. The number of carbonyl (C=O) groups is 1. The molecular formula is C16H24N2O2. The van der Waals surface area contributed by atoms with Crippen LogP contribution >= 0.6 is 0 Å². The van der Waals surface area contributed by atoms with Gasteiger partial charge in [-0.25, -0.2) is 0 Å². The summed E-state index contributed by atoms with van der Waals surface area (Å²) in [6.07, 6.45) is 1.87. The molecule has 1 amide bonds. The highest BCUT2D eigenvalue weighted by atomic mass is 16.3. The second-order valence-corrected chi connectivity index (χ2v) is 5.68. The molecule has 1 aliphatic heterocycles. The monoisotopic (exact) mass is 276 g/mol. The van der Waals surface area contributed by atoms with E-state index in [2.05, 4.69) is 10.2 Å². The third-order valence-electron chi connectivity index (χ3n) is 4.16. The van der Waals surface area contributed by atoms with Gasteiger partial charge in [-0.05, 0) is 51.3 Å². The molecule has 20 heavy (non-hydrogen) atoms. The topological polar surface area (TPSA) is 52.6 Å². The van der Waals surface area contributed by atoms with Gasteiger partial charge >= 0.3 is 0 Å². The zero-order chi connectivity index (χ0) is 14.7. The Labute approximate surface area is 120 Å². The maximum absolute atomic E-state index is 12.5. The van der Waals surface area contributed by atoms with Crippen molar-refractivity contribution in [3.05, 3.63) is 29.3 Å². The summed E-state index contributed by atoms with van der Waals surface area (Å²) in [5.41, 5.74) is 3.08. The first-order chi connectivity index (χ1) is 9.54. The van der Waals surface area contributed by atoms with Gasteiger partial charge in [0.2, 0.25) is 5.91 Å². The lowest BCUT2D eigenvalue weighted by Gasteiger charge is -2.28. The number of carbonyl (C=O) groups excluding carboxylic acids is 1. The van der Waals surface area contributed by atoms with Gasteiger partial charge in [0.25, 0.3) is 0 Å². The molecule has 0 spiro atoms. The van der Waals surface area contributed by atoms with E-state index in [1.807, 2.05) is 39.0 Å². The number of hydrogen-bond acceptors (Lipinski definition) is 3. The second kappa shape index (κ2) is 6.37. The zero-order valence-electron chi connectivity index (χ0n) is 12.5. The maximum atomic E-state index is 12.5. The van der Waals surface area contributed by atoms with Crippen LogP contribution < -0.4 is 5.32 Å². The lowest BCUT2D eigenvalue weighted by Crippen LogP contribution is -2.45. The van der Waals surface area contributed by atoms with Gasteiger partial charge in [0, 0.05) is 11.7 Å². The molecule has 4 nitrogen and oxygen atoms in total. The Hall–Kier alpha value is -1.39. The Morgan fingerprint density at radius 2 is 2.10 bits per heavy atom. The second-order valence-electron chi connectivity index (χ2n) is 5.68. The number of para-hydroxylation sites is 1. The average molecular weight is 276 g/mol. The van der Waals surface area contributed by atoms with Crippen LogP contribution in [0.15, 0.2) is 18.2 Å². The van der Waals surface area contributed by atoms with Crippen LogP contribution in [0.4, 0.5) is 5.69 Å². The van der Waals surface area contributed by atoms with Crippen LogP contribution in [0, 0.1) is 13.8 Å². The van der Waals surface area contributed by atoms with Crippen molar-refractivity contribution >= 4 is 11.6 Å². The number of anilines is 1. The molecular weight excluding hydrogens is 252 g/mol. The average Bonchev–Trinajstić information content (AvgIpc) is 2.91. The third-order valence-corrected chi connectivity index (χ3v) is 4.16. The fraction of sp³-hybridized carbons (Fsp3) is 0.562. The van der Waals surface area contributed by atoms with E-state index in [4.69, 9.17) is 0 Å². The summed E-state index contributed by atoms with van der Waals surface area (Å²) in [6, 6.07) is 5.91. The minimum absolute atomic E-state index is 0.0335. The van der Waals surface area contributed by atoms with Gasteiger partial charge in [-0.15, -0.1) is 0 Å². The van der Waals surface area contributed by atoms with Gasteiger partial charge in [-0.2, -0.15) is 0 Å². The molecule has 1 aromatic rings. The van der Waals surface area contributed by atoms with Gasteiger partial charge in [0.1, 0.15) is 0 Å². The largest absolute Gasteiger partial charge is 0.395 e. The highest BCUT2D eigenvalue weighted by Gasteiger charge is 2.33. The van der Waals surface area contributed by atoms with Gasteiger partial charge in [0.15, 0.2) is 0 Å². The summed E-state index contributed by atoms with van der Waals surface area (Å²) in [6.45, 7) is 6.95. The van der Waals surface area contributed by atoms with Gasteiger partial charge in [-0.3, -0.25) is 9.69 Å². The van der Waals surface area contributed by atoms with Crippen molar-refractivity contribution in [1.82, 2.24) is 4.90 Å². The zero-order valence-corrected chi connectivity index (χ0v) is 12.5. The number of aryl methyl sites for hydroxylation is 2. The summed E-state index contributed by atoms with van der Waals surface area (Å²) >= 11 is 0. The smallest absolute Gasteiger partial charge is 0.241 e. The molecule has 1 aromatic carbocycles. The van der Waals surface area contributed by atoms with Crippen LogP contribution in [0.25, 0.3) is 0 Å². The first-order valence-electron chi connectivity index (χ1n) is 7.28. The minimum Gasteiger partial charge on any atom is -0.395 e. The van der Waals surface area contributed by atoms with E-state index < -0.39 is 0 Å². The van der Waals surface area contributed by atoms with Crippen molar-refractivity contribution in [2.24, 2.45) is 0 Å². The Bertz CT molecular complexity index is 467. The molecule has 110 valence electrons. The highest BCUT2D eigenvalue weighted by molar-refractivity contribution is 5.96. The van der Waals surface area contributed by atoms with Crippen molar-refractivity contribution in [3.8, 4) is 0 Å². The Balaban J connectivity index is 2.12. The standard InChI is InChI=1S/C16H24N2O2/c1-11-6-4-7-12(2)15(11)17-16(20)14-8-5-9-18(14)13(3)10-19/h4,6-7,13-14,19H,5,8-10H2,1-3H3,(H,17,20)/t13?,14-/m0/s1. The van der Waals surface area contributed by atoms with Crippen molar-refractivity contribution in [1.29, 1.82) is 0 Å². The number of benzene rings is 1. The summed E-state index contributed by atoms with van der Waals surface area (Å²) in [7, 11) is 0. The quantitative estimate of drug-likeness (QED) is 0.885. The predicted octanol–water partition coefficient (Wildman–Crippen LogP) is 2.09. The summed E-state index contributed by atoms with van der Waals surface area (Å²) in [4.78, 5) is 14.6. The summed E-state index contributed by atoms with van der Waals surface area (Å²) in [5, 5.41) is 12.4. The third kappa shape index (κ3) is 3.02. The normalized spacial score (nSPS) is 20.9. The molecule has 1 fully saturated rings. The molecule has 0 bridgehead atoms. The Morgan fingerprint density at radius 3 is 2.70 bits per heavy atom. The molecule has 2 N–H and O–H groups in total. The SMILES string of the molecule is Cc1cccc(C)c1NC(=O)[C@@H]1CCCN1C(C)CO. The first kappa shape index (κ1) is 15.0. The summed E-state index contributed by atoms with van der Waals surface area (Å²) in [5.74, 6) is 0.0419. The number of amides is 1. The molecule has 1 saturated heterocycles. The number of rotatable bonds is 4. The van der Waals surface area contributed by atoms with Crippen molar-refractivity contribution in [2.75, 3.05) is 18.5 Å². The van der Waals surface area contributed by atoms with E-state index in [1.54, 1.807) is 0 Å². The van der Waals surface area contributed by atoms with Crippen LogP contribution in [0.5, 0.6) is 0 Å². The lowest BCUT2D eigenvalue weighted by molar-refractivity contribution is -0.121. The molecule has 2 atom stereocenters. The molecule has 1 heterocycles. The molecule has 0 saturated carbocycles.